The topological polar surface area (TPSA) is 63.2 Å². The van der Waals surface area contributed by atoms with Crippen LogP contribution in [0, 0.1) is 0 Å². The maximum Gasteiger partial charge on any atom is 0.251 e. The van der Waals surface area contributed by atoms with Crippen molar-refractivity contribution in [1.82, 2.24) is 5.32 Å². The molecule has 1 N–H and O–H groups in total. The van der Waals surface area contributed by atoms with Gasteiger partial charge in [-0.25, -0.2) is 8.42 Å². The first-order chi connectivity index (χ1) is 7.41. The Morgan fingerprint density at radius 1 is 1.38 bits per heavy atom. The van der Waals surface area contributed by atoms with E-state index in [0.29, 0.717) is 0 Å². The van der Waals surface area contributed by atoms with Crippen LogP contribution in [-0.4, -0.2) is 20.4 Å². The van der Waals surface area contributed by atoms with Crippen molar-refractivity contribution in [3.63, 3.8) is 0 Å². The number of thiol groups is 1. The van der Waals surface area contributed by atoms with Crippen LogP contribution in [0.1, 0.15) is 24.2 Å². The van der Waals surface area contributed by atoms with Crippen molar-refractivity contribution >= 4 is 28.2 Å². The first kappa shape index (κ1) is 13.0. The highest BCUT2D eigenvalue weighted by atomic mass is 35.5. The molecule has 0 aliphatic carbocycles. The molecule has 1 amide bonds. The summed E-state index contributed by atoms with van der Waals surface area (Å²) in [6, 6.07) is 4.15. The van der Waals surface area contributed by atoms with Crippen LogP contribution in [0.4, 0.5) is 0 Å². The molecule has 0 radical (unpaired) electrons. The molecule has 6 heteroatoms. The van der Waals surface area contributed by atoms with Crippen LogP contribution in [0.3, 0.4) is 0 Å². The van der Waals surface area contributed by atoms with Crippen LogP contribution in [0.15, 0.2) is 23.1 Å². The molecule has 1 aromatic rings. The summed E-state index contributed by atoms with van der Waals surface area (Å²) in [5.74, 6) is -0.315. The van der Waals surface area contributed by atoms with Gasteiger partial charge in [-0.05, 0) is 32.0 Å². The molecule has 0 heterocycles. The molecule has 0 saturated heterocycles. The molecule has 0 aliphatic rings. The molecule has 1 aromatic carbocycles. The molecule has 4 nitrogen and oxygen atoms in total. The van der Waals surface area contributed by atoms with Gasteiger partial charge in [0.15, 0.2) is 10.7 Å². The predicted octanol–water partition coefficient (Wildman–Crippen LogP) is 1.45. The number of amides is 1. The van der Waals surface area contributed by atoms with Gasteiger partial charge in [0.2, 0.25) is 0 Å². The van der Waals surface area contributed by atoms with Gasteiger partial charge in [-0.1, -0.05) is 11.6 Å². The lowest BCUT2D eigenvalue weighted by atomic mass is 10.2. The fourth-order valence-electron chi connectivity index (χ4n) is 1.14. The number of carbonyl (C=O) groups is 1. The second kappa shape index (κ2) is 5.32. The lowest BCUT2D eigenvalue weighted by Gasteiger charge is -2.08. The van der Waals surface area contributed by atoms with Gasteiger partial charge in [0, 0.05) is 11.6 Å². The summed E-state index contributed by atoms with van der Waals surface area (Å²) in [7, 11) is -2.79. The minimum Gasteiger partial charge on any atom is -0.350 e. The molecule has 0 bridgehead atoms. The van der Waals surface area contributed by atoms with Gasteiger partial charge in [-0.2, -0.15) is 0 Å². The molecule has 0 aromatic heterocycles. The number of hydrogen-bond donors (Lipinski definition) is 2. The van der Waals surface area contributed by atoms with Crippen molar-refractivity contribution in [1.29, 1.82) is 0 Å². The Morgan fingerprint density at radius 2 is 2.00 bits per heavy atom. The zero-order valence-electron chi connectivity index (χ0n) is 8.86. The summed E-state index contributed by atoms with van der Waals surface area (Å²) in [4.78, 5) is 11.6. The molecule has 0 aliphatic heterocycles. The summed E-state index contributed by atoms with van der Waals surface area (Å²) in [6.07, 6.45) is 0. The normalized spacial score (nSPS) is 10.8. The van der Waals surface area contributed by atoms with Gasteiger partial charge in [0.05, 0.1) is 9.92 Å². The summed E-state index contributed by atoms with van der Waals surface area (Å²) in [6.45, 7) is 3.64. The van der Waals surface area contributed by atoms with Crippen LogP contribution >= 0.6 is 11.6 Å². The van der Waals surface area contributed by atoms with Crippen molar-refractivity contribution in [2.24, 2.45) is 0 Å². The minimum absolute atomic E-state index is 0.00681. The first-order valence-electron chi connectivity index (χ1n) is 4.66. The molecule has 16 heavy (non-hydrogen) atoms. The predicted molar refractivity (Wildman–Crippen MR) is 62.6 cm³/mol. The van der Waals surface area contributed by atoms with Gasteiger partial charge in [-0.15, -0.1) is 0 Å². The van der Waals surface area contributed by atoms with Crippen LogP contribution in [0.5, 0.6) is 0 Å². The maximum atomic E-state index is 11.6. The van der Waals surface area contributed by atoms with Crippen LogP contribution in [0.25, 0.3) is 0 Å². The molecule has 0 fully saturated rings. The zero-order valence-corrected chi connectivity index (χ0v) is 10.5. The van der Waals surface area contributed by atoms with Crippen molar-refractivity contribution < 1.29 is 13.2 Å². The highest BCUT2D eigenvalue weighted by Crippen LogP contribution is 2.18. The van der Waals surface area contributed by atoms with Gasteiger partial charge in [-0.3, -0.25) is 4.79 Å². The third-order valence-electron chi connectivity index (χ3n) is 1.82. The largest absolute Gasteiger partial charge is 0.350 e. The van der Waals surface area contributed by atoms with Crippen molar-refractivity contribution in [2.45, 2.75) is 24.8 Å². The van der Waals surface area contributed by atoms with E-state index in [2.05, 4.69) is 5.32 Å². The van der Waals surface area contributed by atoms with Crippen LogP contribution in [-0.2, 0) is 10.7 Å². The smallest absolute Gasteiger partial charge is 0.251 e. The molecular formula is C10H12ClNO3S. The second-order valence-corrected chi connectivity index (χ2v) is 4.95. The molecule has 0 spiro atoms. The molecule has 1 rings (SSSR count). The third-order valence-corrected chi connectivity index (χ3v) is 3.05. The molecular weight excluding hydrogens is 250 g/mol. The minimum atomic E-state index is -2.79. The molecule has 0 atom stereocenters. The monoisotopic (exact) mass is 261 g/mol. The Hall–Kier alpha value is -1.07. The van der Waals surface area contributed by atoms with E-state index in [4.69, 9.17) is 11.6 Å². The fraction of sp³-hybridized carbons (Fsp3) is 0.300. The quantitative estimate of drug-likeness (QED) is 0.810. The fourth-order valence-corrected chi connectivity index (χ4v) is 1.96. The van der Waals surface area contributed by atoms with Crippen molar-refractivity contribution in [2.75, 3.05) is 0 Å². The Labute approximate surface area is 101 Å². The highest BCUT2D eigenvalue weighted by molar-refractivity contribution is 7.72. The van der Waals surface area contributed by atoms with E-state index in [1.807, 2.05) is 13.8 Å². The highest BCUT2D eigenvalue weighted by Gasteiger charge is 2.10. The molecule has 0 unspecified atom stereocenters. The van der Waals surface area contributed by atoms with E-state index >= 15 is 0 Å². The number of benzene rings is 1. The van der Waals surface area contributed by atoms with Crippen molar-refractivity contribution in [3.8, 4) is 0 Å². The number of hydrogen-bond acceptors (Lipinski definition) is 3. The van der Waals surface area contributed by atoms with Crippen LogP contribution < -0.4 is 5.32 Å². The van der Waals surface area contributed by atoms with E-state index < -0.39 is 10.7 Å². The summed E-state index contributed by atoms with van der Waals surface area (Å²) in [5, 5.41) is 2.79. The van der Waals surface area contributed by atoms with E-state index in [1.54, 1.807) is 0 Å². The standard InChI is InChI=1S/C10H12ClNO3S/c1-6(2)12-10(13)7-3-4-8(11)9(5-7)16(14)15/h3-6,16H,1-2H3,(H,12,13). The summed E-state index contributed by atoms with van der Waals surface area (Å²) >= 11 is 5.69. The average Bonchev–Trinajstić information content (AvgIpc) is 2.16. The van der Waals surface area contributed by atoms with E-state index in [9.17, 15) is 13.2 Å². The lowest BCUT2D eigenvalue weighted by molar-refractivity contribution is 0.0943. The number of carbonyl (C=O) groups excluding carboxylic acids is 1. The van der Waals surface area contributed by atoms with Crippen LogP contribution in [0.2, 0.25) is 5.02 Å². The van der Waals surface area contributed by atoms with E-state index in [-0.39, 0.29) is 27.4 Å². The van der Waals surface area contributed by atoms with Gasteiger partial charge >= 0.3 is 0 Å². The van der Waals surface area contributed by atoms with Crippen molar-refractivity contribution in [3.05, 3.63) is 28.8 Å². The lowest BCUT2D eigenvalue weighted by Crippen LogP contribution is -2.30. The van der Waals surface area contributed by atoms with E-state index in [1.165, 1.54) is 18.2 Å². The number of rotatable bonds is 3. The van der Waals surface area contributed by atoms with Gasteiger partial charge in [0.25, 0.3) is 5.91 Å². The van der Waals surface area contributed by atoms with E-state index in [0.717, 1.165) is 0 Å². The number of nitrogens with one attached hydrogen (secondary N) is 1. The first-order valence-corrected chi connectivity index (χ1v) is 6.22. The summed E-state index contributed by atoms with van der Waals surface area (Å²) in [5.41, 5.74) is 0.285. The van der Waals surface area contributed by atoms with Gasteiger partial charge in [0.1, 0.15) is 0 Å². The third kappa shape index (κ3) is 3.21. The Balaban J connectivity index is 3.08. The molecule has 0 saturated carbocycles. The molecule has 88 valence electrons. The average molecular weight is 262 g/mol. The second-order valence-electron chi connectivity index (χ2n) is 3.55. The number of halogens is 1. The van der Waals surface area contributed by atoms with Gasteiger partial charge < -0.3 is 5.32 Å². The Kier molecular flexibility index (Phi) is 4.32. The zero-order chi connectivity index (χ0) is 12.3. The summed E-state index contributed by atoms with van der Waals surface area (Å²) < 4.78 is 21.7. The maximum absolute atomic E-state index is 11.6. The SMILES string of the molecule is CC(C)NC(=O)c1ccc(Cl)c([SH](=O)=O)c1. The Morgan fingerprint density at radius 3 is 2.50 bits per heavy atom. The Bertz CT molecular complexity index is 475.